The molecule has 2 aromatic rings. The molecule has 1 amide bonds. The van der Waals surface area contributed by atoms with Crippen molar-refractivity contribution in [3.8, 4) is 0 Å². The van der Waals surface area contributed by atoms with Crippen LogP contribution in [0, 0.1) is 0 Å². The zero-order valence-corrected chi connectivity index (χ0v) is 19.6. The lowest BCUT2D eigenvalue weighted by molar-refractivity contribution is -0.114. The van der Waals surface area contributed by atoms with Crippen molar-refractivity contribution in [2.75, 3.05) is 35.5 Å². The molecule has 1 saturated heterocycles. The summed E-state index contributed by atoms with van der Waals surface area (Å²) in [5, 5.41) is 2.59. The highest BCUT2D eigenvalue weighted by Gasteiger charge is 2.32. The molecule has 0 radical (unpaired) electrons. The number of carbonyl (C=O) groups is 1. The smallest absolute Gasteiger partial charge is 0.245 e. The van der Waals surface area contributed by atoms with Crippen LogP contribution in [0.4, 0.5) is 11.5 Å². The Morgan fingerprint density at radius 2 is 1.72 bits per heavy atom. The summed E-state index contributed by atoms with van der Waals surface area (Å²) in [4.78, 5) is 16.5. The van der Waals surface area contributed by atoms with Gasteiger partial charge in [-0.25, -0.2) is 26.1 Å². The van der Waals surface area contributed by atoms with E-state index in [-0.39, 0.29) is 36.0 Å². The van der Waals surface area contributed by atoms with Crippen LogP contribution in [0.5, 0.6) is 0 Å². The van der Waals surface area contributed by atoms with E-state index in [1.165, 1.54) is 40.8 Å². The Balaban J connectivity index is 1.70. The van der Waals surface area contributed by atoms with Gasteiger partial charge >= 0.3 is 0 Å². The molecule has 0 saturated carbocycles. The first-order valence-electron chi connectivity index (χ1n) is 9.91. The predicted octanol–water partition coefficient (Wildman–Crippen LogP) is 1.28. The van der Waals surface area contributed by atoms with E-state index in [0.29, 0.717) is 5.69 Å². The molecule has 174 valence electrons. The third kappa shape index (κ3) is 5.82. The zero-order valence-electron chi connectivity index (χ0n) is 18.0. The predicted molar refractivity (Wildman–Crippen MR) is 120 cm³/mol. The summed E-state index contributed by atoms with van der Waals surface area (Å²) in [6.45, 7) is 3.70. The highest BCUT2D eigenvalue weighted by molar-refractivity contribution is 7.92. The maximum Gasteiger partial charge on any atom is 0.245 e. The second-order valence-electron chi connectivity index (χ2n) is 7.61. The van der Waals surface area contributed by atoms with Crippen LogP contribution < -0.4 is 9.62 Å². The van der Waals surface area contributed by atoms with Crippen molar-refractivity contribution < 1.29 is 26.4 Å². The van der Waals surface area contributed by atoms with Crippen molar-refractivity contribution in [1.82, 2.24) is 9.29 Å². The van der Waals surface area contributed by atoms with Gasteiger partial charge < -0.3 is 10.1 Å². The summed E-state index contributed by atoms with van der Waals surface area (Å²) in [5.74, 6) is -0.465. The number of hydrogen-bond donors (Lipinski definition) is 1. The molecule has 3 rings (SSSR count). The van der Waals surface area contributed by atoms with Gasteiger partial charge in [0, 0.05) is 25.0 Å². The Hall–Kier alpha value is -2.54. The zero-order chi connectivity index (χ0) is 23.5. The number of anilines is 2. The van der Waals surface area contributed by atoms with Crippen LogP contribution in [0.25, 0.3) is 0 Å². The van der Waals surface area contributed by atoms with Gasteiger partial charge in [0.2, 0.25) is 26.0 Å². The Morgan fingerprint density at radius 1 is 1.09 bits per heavy atom. The van der Waals surface area contributed by atoms with E-state index in [9.17, 15) is 21.6 Å². The van der Waals surface area contributed by atoms with E-state index in [2.05, 4.69) is 10.3 Å². The first kappa shape index (κ1) is 24.1. The van der Waals surface area contributed by atoms with Crippen LogP contribution in [0.2, 0.25) is 0 Å². The van der Waals surface area contributed by atoms with Crippen molar-refractivity contribution in [2.24, 2.45) is 0 Å². The van der Waals surface area contributed by atoms with Crippen molar-refractivity contribution >= 4 is 37.5 Å². The molecule has 0 unspecified atom stereocenters. The average Bonchev–Trinajstić information content (AvgIpc) is 2.71. The number of rotatable bonds is 7. The first-order valence-corrected chi connectivity index (χ1v) is 13.2. The molecular formula is C20H26N4O6S2. The van der Waals surface area contributed by atoms with Gasteiger partial charge in [-0.05, 0) is 50.2 Å². The summed E-state index contributed by atoms with van der Waals surface area (Å²) in [6, 6.07) is 10.5. The van der Waals surface area contributed by atoms with Gasteiger partial charge in [0.1, 0.15) is 12.4 Å². The van der Waals surface area contributed by atoms with E-state index in [4.69, 9.17) is 4.74 Å². The fourth-order valence-corrected chi connectivity index (χ4v) is 5.78. The lowest BCUT2D eigenvalue weighted by Gasteiger charge is -2.34. The maximum absolute atomic E-state index is 12.9. The van der Waals surface area contributed by atoms with Crippen molar-refractivity contribution in [2.45, 2.75) is 31.0 Å². The number of hydrogen-bond acceptors (Lipinski definition) is 7. The van der Waals surface area contributed by atoms with Gasteiger partial charge in [-0.3, -0.25) is 4.79 Å². The summed E-state index contributed by atoms with van der Waals surface area (Å²) >= 11 is 0. The highest BCUT2D eigenvalue weighted by atomic mass is 32.2. The second kappa shape index (κ2) is 9.53. The fraction of sp³-hybridized carbons (Fsp3) is 0.400. The minimum Gasteiger partial charge on any atom is -0.373 e. The minimum absolute atomic E-state index is 0.100. The number of sulfonamides is 2. The van der Waals surface area contributed by atoms with Gasteiger partial charge in [-0.2, -0.15) is 4.31 Å². The Labute approximate surface area is 188 Å². The van der Waals surface area contributed by atoms with Gasteiger partial charge in [-0.1, -0.05) is 6.07 Å². The molecule has 1 aliphatic rings. The molecule has 1 aliphatic heterocycles. The number of nitrogens with zero attached hydrogens (tertiary/aromatic N) is 3. The Kier molecular flexibility index (Phi) is 7.18. The molecule has 0 aliphatic carbocycles. The summed E-state index contributed by atoms with van der Waals surface area (Å²) < 4.78 is 57.9. The molecule has 32 heavy (non-hydrogen) atoms. The van der Waals surface area contributed by atoms with Crippen molar-refractivity contribution in [1.29, 1.82) is 0 Å². The van der Waals surface area contributed by atoms with E-state index in [1.807, 2.05) is 13.8 Å². The number of ether oxygens (including phenoxy) is 1. The van der Waals surface area contributed by atoms with Crippen molar-refractivity contribution in [3.63, 3.8) is 0 Å². The topological polar surface area (TPSA) is 126 Å². The Morgan fingerprint density at radius 3 is 2.25 bits per heavy atom. The summed E-state index contributed by atoms with van der Waals surface area (Å²) in [6.07, 6.45) is 2.01. The van der Waals surface area contributed by atoms with Crippen molar-refractivity contribution in [3.05, 3.63) is 48.7 Å². The van der Waals surface area contributed by atoms with Gasteiger partial charge in [0.25, 0.3) is 0 Å². The normalized spacial score (nSPS) is 20.0. The molecular weight excluding hydrogens is 456 g/mol. The van der Waals surface area contributed by atoms with E-state index >= 15 is 0 Å². The molecule has 1 aromatic carbocycles. The maximum atomic E-state index is 12.9. The van der Waals surface area contributed by atoms with E-state index < -0.39 is 32.5 Å². The number of amides is 1. The number of morpholine rings is 1. The van der Waals surface area contributed by atoms with Crippen LogP contribution in [-0.2, 0) is 29.6 Å². The standard InChI is InChI=1S/C20H26N4O6S2/c1-15-12-23(13-16(2)30-15)32(28,29)18-9-7-17(8-10-18)22-20(25)14-24(31(3,26)27)19-6-4-5-11-21-19/h4-11,15-16H,12-14H2,1-3H3,(H,22,25)/t15-,16+. The van der Waals surface area contributed by atoms with Gasteiger partial charge in [0.15, 0.2) is 0 Å². The first-order chi connectivity index (χ1) is 15.0. The molecule has 0 bridgehead atoms. The molecule has 1 fully saturated rings. The highest BCUT2D eigenvalue weighted by Crippen LogP contribution is 2.22. The van der Waals surface area contributed by atoms with Crippen LogP contribution in [-0.4, -0.2) is 70.1 Å². The molecule has 2 heterocycles. The third-order valence-electron chi connectivity index (χ3n) is 4.75. The molecule has 1 N–H and O–H groups in total. The van der Waals surface area contributed by atoms with Gasteiger partial charge in [-0.15, -0.1) is 0 Å². The lowest BCUT2D eigenvalue weighted by atomic mass is 10.3. The van der Waals surface area contributed by atoms with Crippen LogP contribution in [0.1, 0.15) is 13.8 Å². The molecule has 2 atom stereocenters. The van der Waals surface area contributed by atoms with E-state index in [1.54, 1.807) is 12.1 Å². The largest absolute Gasteiger partial charge is 0.373 e. The van der Waals surface area contributed by atoms with Crippen LogP contribution in [0.3, 0.4) is 0 Å². The summed E-state index contributed by atoms with van der Waals surface area (Å²) in [7, 11) is -7.44. The third-order valence-corrected chi connectivity index (χ3v) is 7.72. The quantitative estimate of drug-likeness (QED) is 0.630. The average molecular weight is 483 g/mol. The number of aromatic nitrogens is 1. The molecule has 0 spiro atoms. The lowest BCUT2D eigenvalue weighted by Crippen LogP contribution is -2.48. The SMILES string of the molecule is C[C@@H]1CN(S(=O)(=O)c2ccc(NC(=O)CN(c3ccccn3)S(C)(=O)=O)cc2)C[C@H](C)O1. The van der Waals surface area contributed by atoms with E-state index in [0.717, 1.165) is 10.6 Å². The fourth-order valence-electron chi connectivity index (χ4n) is 3.39. The molecule has 12 heteroatoms. The van der Waals surface area contributed by atoms with Crippen LogP contribution in [0.15, 0.2) is 53.6 Å². The number of carbonyl (C=O) groups excluding carboxylic acids is 1. The van der Waals surface area contributed by atoms with Crippen LogP contribution >= 0.6 is 0 Å². The minimum atomic E-state index is -3.74. The number of nitrogens with one attached hydrogen (secondary N) is 1. The number of pyridine rings is 1. The van der Waals surface area contributed by atoms with Gasteiger partial charge in [0.05, 0.1) is 23.4 Å². The number of benzene rings is 1. The second-order valence-corrected chi connectivity index (χ2v) is 11.5. The molecule has 1 aromatic heterocycles. The monoisotopic (exact) mass is 482 g/mol. The Bertz CT molecular complexity index is 1140. The molecule has 10 nitrogen and oxygen atoms in total. The summed E-state index contributed by atoms with van der Waals surface area (Å²) in [5.41, 5.74) is 0.340.